The van der Waals surface area contributed by atoms with Crippen molar-refractivity contribution in [1.29, 1.82) is 0 Å². The average molecular weight is 358 g/mol. The van der Waals surface area contributed by atoms with Gasteiger partial charge in [-0.1, -0.05) is 43.2 Å². The quantitative estimate of drug-likeness (QED) is 0.781. The Morgan fingerprint density at radius 2 is 1.80 bits per heavy atom. The molecule has 1 amide bonds. The number of likely N-dealkylation sites (tertiary alicyclic amines) is 1. The van der Waals surface area contributed by atoms with Crippen molar-refractivity contribution in [2.45, 2.75) is 38.7 Å². The number of ether oxygens (including phenoxy) is 1. The van der Waals surface area contributed by atoms with Crippen molar-refractivity contribution < 1.29 is 14.3 Å². The van der Waals surface area contributed by atoms with Gasteiger partial charge in [0, 0.05) is 24.0 Å². The van der Waals surface area contributed by atoms with E-state index in [-0.39, 0.29) is 11.6 Å². The van der Waals surface area contributed by atoms with Crippen molar-refractivity contribution in [3.63, 3.8) is 0 Å². The molecule has 25 heavy (non-hydrogen) atoms. The number of rotatable bonds is 4. The summed E-state index contributed by atoms with van der Waals surface area (Å²) in [6.07, 6.45) is 3.54. The highest BCUT2D eigenvalue weighted by Crippen LogP contribution is 2.24. The summed E-state index contributed by atoms with van der Waals surface area (Å²) in [5.74, 6) is -0.664. The van der Waals surface area contributed by atoms with E-state index in [9.17, 15) is 9.59 Å². The third-order valence-electron chi connectivity index (χ3n) is 4.28. The SMILES string of the molecule is C[C@H](OC(=O)c1csc(-c2ccccc2)n1)C(=O)N1CCCCCC1. The molecule has 0 N–H and O–H groups in total. The van der Waals surface area contributed by atoms with E-state index in [1.807, 2.05) is 30.3 Å². The molecule has 0 unspecified atom stereocenters. The van der Waals surface area contributed by atoms with Crippen LogP contribution in [0.25, 0.3) is 10.6 Å². The van der Waals surface area contributed by atoms with Gasteiger partial charge in [-0.2, -0.15) is 0 Å². The fourth-order valence-electron chi connectivity index (χ4n) is 2.90. The van der Waals surface area contributed by atoms with Crippen LogP contribution >= 0.6 is 11.3 Å². The number of amides is 1. The summed E-state index contributed by atoms with van der Waals surface area (Å²) in [7, 11) is 0. The van der Waals surface area contributed by atoms with E-state index < -0.39 is 12.1 Å². The maximum atomic E-state index is 12.5. The standard InChI is InChI=1S/C19H22N2O3S/c1-14(18(22)21-11-7-2-3-8-12-21)24-19(23)16-13-25-17(20-16)15-9-5-4-6-10-15/h4-6,9-10,13-14H,2-3,7-8,11-12H2,1H3/t14-/m0/s1. The Balaban J connectivity index is 1.61. The van der Waals surface area contributed by atoms with Gasteiger partial charge in [0.2, 0.25) is 0 Å². The van der Waals surface area contributed by atoms with Crippen molar-refractivity contribution in [2.75, 3.05) is 13.1 Å². The third-order valence-corrected chi connectivity index (χ3v) is 5.17. The zero-order chi connectivity index (χ0) is 17.6. The van der Waals surface area contributed by atoms with Gasteiger partial charge >= 0.3 is 5.97 Å². The number of thiazole rings is 1. The van der Waals surface area contributed by atoms with Gasteiger partial charge in [0.05, 0.1) is 0 Å². The highest BCUT2D eigenvalue weighted by atomic mass is 32.1. The molecule has 1 fully saturated rings. The minimum atomic E-state index is -0.785. The molecule has 132 valence electrons. The van der Waals surface area contributed by atoms with Crippen molar-refractivity contribution in [2.24, 2.45) is 0 Å². The predicted octanol–water partition coefficient (Wildman–Crippen LogP) is 3.76. The molecule has 1 aromatic carbocycles. The number of carbonyl (C=O) groups excluding carboxylic acids is 2. The number of hydrogen-bond donors (Lipinski definition) is 0. The number of carbonyl (C=O) groups is 2. The fraction of sp³-hybridized carbons (Fsp3) is 0.421. The van der Waals surface area contributed by atoms with E-state index in [1.165, 1.54) is 11.3 Å². The molecule has 0 spiro atoms. The van der Waals surface area contributed by atoms with E-state index in [4.69, 9.17) is 4.74 Å². The Bertz CT molecular complexity index is 721. The highest BCUT2D eigenvalue weighted by Gasteiger charge is 2.25. The molecule has 3 rings (SSSR count). The number of aromatic nitrogens is 1. The van der Waals surface area contributed by atoms with Crippen LogP contribution in [0.1, 0.15) is 43.1 Å². The van der Waals surface area contributed by atoms with Crippen LogP contribution in [0, 0.1) is 0 Å². The molecular weight excluding hydrogens is 336 g/mol. The summed E-state index contributed by atoms with van der Waals surface area (Å²) >= 11 is 1.39. The molecule has 2 heterocycles. The zero-order valence-corrected chi connectivity index (χ0v) is 15.1. The molecule has 0 bridgehead atoms. The lowest BCUT2D eigenvalue weighted by Crippen LogP contribution is -2.40. The summed E-state index contributed by atoms with van der Waals surface area (Å²) in [6.45, 7) is 3.13. The molecule has 1 aromatic heterocycles. The topological polar surface area (TPSA) is 59.5 Å². The van der Waals surface area contributed by atoms with Crippen LogP contribution in [-0.4, -0.2) is 41.0 Å². The molecule has 1 atom stereocenters. The number of nitrogens with zero attached hydrogens (tertiary/aromatic N) is 2. The van der Waals surface area contributed by atoms with Crippen LogP contribution in [0.4, 0.5) is 0 Å². The van der Waals surface area contributed by atoms with E-state index in [1.54, 1.807) is 17.2 Å². The molecule has 2 aromatic rings. The highest BCUT2D eigenvalue weighted by molar-refractivity contribution is 7.13. The Morgan fingerprint density at radius 3 is 2.48 bits per heavy atom. The minimum absolute atomic E-state index is 0.117. The van der Waals surface area contributed by atoms with Crippen molar-refractivity contribution in [1.82, 2.24) is 9.88 Å². The summed E-state index contributed by atoms with van der Waals surface area (Å²) < 4.78 is 5.36. The maximum Gasteiger partial charge on any atom is 0.358 e. The van der Waals surface area contributed by atoms with E-state index >= 15 is 0 Å². The summed E-state index contributed by atoms with van der Waals surface area (Å²) in [5.41, 5.74) is 1.21. The molecular formula is C19H22N2O3S. The Hall–Kier alpha value is -2.21. The van der Waals surface area contributed by atoms with Gasteiger partial charge in [-0.3, -0.25) is 4.79 Å². The molecule has 0 aliphatic carbocycles. The van der Waals surface area contributed by atoms with E-state index in [0.29, 0.717) is 0 Å². The first kappa shape index (κ1) is 17.6. The van der Waals surface area contributed by atoms with Crippen LogP contribution in [-0.2, 0) is 9.53 Å². The van der Waals surface area contributed by atoms with Gasteiger partial charge in [-0.15, -0.1) is 11.3 Å². The monoisotopic (exact) mass is 358 g/mol. The van der Waals surface area contributed by atoms with Crippen LogP contribution in [0.15, 0.2) is 35.7 Å². The van der Waals surface area contributed by atoms with Gasteiger partial charge in [-0.25, -0.2) is 9.78 Å². The second-order valence-electron chi connectivity index (χ2n) is 6.19. The van der Waals surface area contributed by atoms with E-state index in [0.717, 1.165) is 49.3 Å². The van der Waals surface area contributed by atoms with Gasteiger partial charge in [0.1, 0.15) is 5.01 Å². The van der Waals surface area contributed by atoms with Gasteiger partial charge < -0.3 is 9.64 Å². The van der Waals surface area contributed by atoms with Crippen LogP contribution in [0.2, 0.25) is 0 Å². The van der Waals surface area contributed by atoms with Gasteiger partial charge in [0.25, 0.3) is 5.91 Å². The maximum absolute atomic E-state index is 12.5. The van der Waals surface area contributed by atoms with Crippen LogP contribution in [0.3, 0.4) is 0 Å². The molecule has 1 aliphatic rings. The Morgan fingerprint density at radius 1 is 1.12 bits per heavy atom. The van der Waals surface area contributed by atoms with Crippen LogP contribution in [0.5, 0.6) is 0 Å². The lowest BCUT2D eigenvalue weighted by atomic mass is 10.2. The molecule has 6 heteroatoms. The van der Waals surface area contributed by atoms with Gasteiger partial charge in [-0.05, 0) is 19.8 Å². The van der Waals surface area contributed by atoms with Crippen molar-refractivity contribution in [3.05, 3.63) is 41.4 Å². The minimum Gasteiger partial charge on any atom is -0.448 e. The molecule has 5 nitrogen and oxygen atoms in total. The molecule has 1 saturated heterocycles. The first-order valence-corrected chi connectivity index (χ1v) is 9.54. The first-order chi connectivity index (χ1) is 12.1. The lowest BCUT2D eigenvalue weighted by molar-refractivity contribution is -0.139. The molecule has 0 saturated carbocycles. The number of benzene rings is 1. The van der Waals surface area contributed by atoms with E-state index in [2.05, 4.69) is 4.98 Å². The van der Waals surface area contributed by atoms with Crippen LogP contribution < -0.4 is 0 Å². The smallest absolute Gasteiger partial charge is 0.358 e. The first-order valence-electron chi connectivity index (χ1n) is 8.66. The second-order valence-corrected chi connectivity index (χ2v) is 7.05. The summed E-state index contributed by atoms with van der Waals surface area (Å²) in [5, 5.41) is 2.44. The summed E-state index contributed by atoms with van der Waals surface area (Å²) in [4.78, 5) is 30.9. The Kier molecular flexibility index (Phi) is 5.81. The Labute approximate surface area is 151 Å². The number of esters is 1. The molecule has 0 radical (unpaired) electrons. The summed E-state index contributed by atoms with van der Waals surface area (Å²) in [6, 6.07) is 9.68. The third kappa shape index (κ3) is 4.45. The molecule has 1 aliphatic heterocycles. The van der Waals surface area contributed by atoms with Gasteiger partial charge in [0.15, 0.2) is 11.8 Å². The largest absolute Gasteiger partial charge is 0.448 e. The zero-order valence-electron chi connectivity index (χ0n) is 14.3. The predicted molar refractivity (Wildman–Crippen MR) is 97.5 cm³/mol. The number of hydrogen-bond acceptors (Lipinski definition) is 5. The lowest BCUT2D eigenvalue weighted by Gasteiger charge is -2.23. The van der Waals surface area contributed by atoms with Crippen molar-refractivity contribution in [3.8, 4) is 10.6 Å². The normalized spacial score (nSPS) is 16.1. The van der Waals surface area contributed by atoms with Crippen molar-refractivity contribution >= 4 is 23.2 Å². The average Bonchev–Trinajstić information content (AvgIpc) is 2.98. The second kappa shape index (κ2) is 8.25. The fourth-order valence-corrected chi connectivity index (χ4v) is 3.70.